The Kier molecular flexibility index (Phi) is 4.82. The van der Waals surface area contributed by atoms with Crippen LogP contribution in [0.1, 0.15) is 22.8 Å². The van der Waals surface area contributed by atoms with Gasteiger partial charge in [-0.2, -0.15) is 0 Å². The van der Waals surface area contributed by atoms with Crippen LogP contribution in [0, 0.1) is 0 Å². The average molecular weight is 285 g/mol. The van der Waals surface area contributed by atoms with Crippen LogP contribution in [-0.4, -0.2) is 24.2 Å². The highest BCUT2D eigenvalue weighted by molar-refractivity contribution is 5.88. The summed E-state index contributed by atoms with van der Waals surface area (Å²) in [5.41, 5.74) is 2.20. The van der Waals surface area contributed by atoms with Crippen LogP contribution in [0.25, 0.3) is 0 Å². The molecule has 2 rings (SSSR count). The number of hydrogen-bond acceptors (Lipinski definition) is 3. The smallest absolute Gasteiger partial charge is 0.335 e. The third kappa shape index (κ3) is 3.99. The summed E-state index contributed by atoms with van der Waals surface area (Å²) < 4.78 is 5.34. The summed E-state index contributed by atoms with van der Waals surface area (Å²) in [5.74, 6) is -0.0542. The fraction of sp³-hybridized carbons (Fsp3) is 0.235. The van der Waals surface area contributed by atoms with Gasteiger partial charge in [-0.3, -0.25) is 0 Å². The highest BCUT2D eigenvalue weighted by Gasteiger charge is 2.09. The highest BCUT2D eigenvalue weighted by atomic mass is 16.5. The van der Waals surface area contributed by atoms with E-state index in [4.69, 9.17) is 9.84 Å². The lowest BCUT2D eigenvalue weighted by Crippen LogP contribution is -2.18. The summed E-state index contributed by atoms with van der Waals surface area (Å²) in [5, 5.41) is 12.3. The normalized spacial score (nSPS) is 11.7. The maximum absolute atomic E-state index is 11.0. The largest absolute Gasteiger partial charge is 0.496 e. The number of methoxy groups -OCH3 is 1. The van der Waals surface area contributed by atoms with Crippen molar-refractivity contribution in [2.75, 3.05) is 12.4 Å². The number of para-hydroxylation sites is 1. The molecule has 0 aliphatic carbocycles. The average Bonchev–Trinajstić information content (AvgIpc) is 2.48. The fourth-order valence-corrected chi connectivity index (χ4v) is 2.28. The first-order chi connectivity index (χ1) is 10.1. The SMILES string of the molecule is COc1ccccc1CC(C)Nc1cccc(C(=O)O)c1. The molecule has 21 heavy (non-hydrogen) atoms. The van der Waals surface area contributed by atoms with Crippen molar-refractivity contribution in [1.82, 2.24) is 0 Å². The van der Waals surface area contributed by atoms with Crippen LogP contribution in [0.2, 0.25) is 0 Å². The molecule has 0 saturated heterocycles. The number of anilines is 1. The van der Waals surface area contributed by atoms with Gasteiger partial charge in [0, 0.05) is 11.7 Å². The Morgan fingerprint density at radius 3 is 2.71 bits per heavy atom. The molecule has 0 aliphatic rings. The topological polar surface area (TPSA) is 58.6 Å². The molecule has 2 N–H and O–H groups in total. The van der Waals surface area contributed by atoms with E-state index in [-0.39, 0.29) is 11.6 Å². The molecule has 0 aliphatic heterocycles. The Morgan fingerprint density at radius 2 is 2.00 bits per heavy atom. The first-order valence-electron chi connectivity index (χ1n) is 6.82. The van der Waals surface area contributed by atoms with Crippen molar-refractivity contribution in [3.63, 3.8) is 0 Å². The molecule has 0 aromatic heterocycles. The van der Waals surface area contributed by atoms with Gasteiger partial charge in [-0.25, -0.2) is 4.79 Å². The lowest BCUT2D eigenvalue weighted by molar-refractivity contribution is 0.0697. The first kappa shape index (κ1) is 14.9. The van der Waals surface area contributed by atoms with E-state index in [1.807, 2.05) is 30.3 Å². The van der Waals surface area contributed by atoms with Gasteiger partial charge in [-0.15, -0.1) is 0 Å². The van der Waals surface area contributed by atoms with E-state index in [1.54, 1.807) is 25.3 Å². The number of carbonyl (C=O) groups is 1. The third-order valence-corrected chi connectivity index (χ3v) is 3.24. The second-order valence-electron chi connectivity index (χ2n) is 4.95. The van der Waals surface area contributed by atoms with E-state index in [0.29, 0.717) is 0 Å². The zero-order chi connectivity index (χ0) is 15.2. The van der Waals surface area contributed by atoms with Crippen molar-refractivity contribution in [2.24, 2.45) is 0 Å². The molecule has 2 aromatic rings. The molecule has 0 bridgehead atoms. The maximum Gasteiger partial charge on any atom is 0.335 e. The molecule has 2 aromatic carbocycles. The molecule has 0 spiro atoms. The van der Waals surface area contributed by atoms with Gasteiger partial charge in [-0.1, -0.05) is 24.3 Å². The first-order valence-corrected chi connectivity index (χ1v) is 6.82. The number of carboxylic acid groups (broad SMARTS) is 1. The Balaban J connectivity index is 2.06. The number of rotatable bonds is 6. The Morgan fingerprint density at radius 1 is 1.24 bits per heavy atom. The lowest BCUT2D eigenvalue weighted by atomic mass is 10.1. The van der Waals surface area contributed by atoms with Gasteiger partial charge >= 0.3 is 5.97 Å². The second-order valence-corrected chi connectivity index (χ2v) is 4.95. The van der Waals surface area contributed by atoms with E-state index < -0.39 is 5.97 Å². The van der Waals surface area contributed by atoms with Crippen molar-refractivity contribution in [3.8, 4) is 5.75 Å². The van der Waals surface area contributed by atoms with Crippen molar-refractivity contribution in [1.29, 1.82) is 0 Å². The van der Waals surface area contributed by atoms with Crippen molar-refractivity contribution >= 4 is 11.7 Å². The number of hydrogen-bond donors (Lipinski definition) is 2. The predicted molar refractivity (Wildman–Crippen MR) is 83.2 cm³/mol. The summed E-state index contributed by atoms with van der Waals surface area (Å²) in [7, 11) is 1.66. The van der Waals surface area contributed by atoms with Gasteiger partial charge in [0.25, 0.3) is 0 Å². The molecule has 0 saturated carbocycles. The number of benzene rings is 2. The third-order valence-electron chi connectivity index (χ3n) is 3.24. The zero-order valence-corrected chi connectivity index (χ0v) is 12.2. The van der Waals surface area contributed by atoms with Crippen LogP contribution in [-0.2, 0) is 6.42 Å². The van der Waals surface area contributed by atoms with Crippen LogP contribution in [0.3, 0.4) is 0 Å². The van der Waals surface area contributed by atoms with E-state index >= 15 is 0 Å². The van der Waals surface area contributed by atoms with E-state index in [9.17, 15) is 4.79 Å². The molecule has 1 atom stereocenters. The molecular weight excluding hydrogens is 266 g/mol. The van der Waals surface area contributed by atoms with Crippen LogP contribution in [0.5, 0.6) is 5.75 Å². The van der Waals surface area contributed by atoms with Gasteiger partial charge in [0.15, 0.2) is 0 Å². The minimum Gasteiger partial charge on any atom is -0.496 e. The second kappa shape index (κ2) is 6.79. The molecule has 0 radical (unpaired) electrons. The molecule has 110 valence electrons. The number of aromatic carboxylic acids is 1. The van der Waals surface area contributed by atoms with Crippen LogP contribution in [0.4, 0.5) is 5.69 Å². The van der Waals surface area contributed by atoms with Gasteiger partial charge in [0.1, 0.15) is 5.75 Å². The van der Waals surface area contributed by atoms with Crippen molar-refractivity contribution in [3.05, 3.63) is 59.7 Å². The quantitative estimate of drug-likeness (QED) is 0.853. The summed E-state index contributed by atoms with van der Waals surface area (Å²) >= 11 is 0. The molecular formula is C17H19NO3. The predicted octanol–water partition coefficient (Wildman–Crippen LogP) is 3.44. The van der Waals surface area contributed by atoms with Crippen molar-refractivity contribution in [2.45, 2.75) is 19.4 Å². The number of carboxylic acids is 1. The highest BCUT2D eigenvalue weighted by Crippen LogP contribution is 2.20. The zero-order valence-electron chi connectivity index (χ0n) is 12.2. The maximum atomic E-state index is 11.0. The minimum absolute atomic E-state index is 0.158. The van der Waals surface area contributed by atoms with Gasteiger partial charge in [0.2, 0.25) is 0 Å². The monoisotopic (exact) mass is 285 g/mol. The summed E-state index contributed by atoms with van der Waals surface area (Å²) in [4.78, 5) is 11.0. The Labute approximate surface area is 124 Å². The molecule has 1 unspecified atom stereocenters. The van der Waals surface area contributed by atoms with E-state index in [2.05, 4.69) is 12.2 Å². The molecule has 0 amide bonds. The standard InChI is InChI=1S/C17H19NO3/c1-12(10-13-6-3-4-9-16(13)21-2)18-15-8-5-7-14(11-15)17(19)20/h3-9,11-12,18H,10H2,1-2H3,(H,19,20). The van der Waals surface area contributed by atoms with Gasteiger partial charge < -0.3 is 15.2 Å². The Hall–Kier alpha value is -2.49. The van der Waals surface area contributed by atoms with E-state index in [0.717, 1.165) is 23.4 Å². The molecule has 0 fully saturated rings. The number of ether oxygens (including phenoxy) is 1. The van der Waals surface area contributed by atoms with Crippen LogP contribution in [0.15, 0.2) is 48.5 Å². The Bertz CT molecular complexity index is 625. The molecule has 0 heterocycles. The van der Waals surface area contributed by atoms with Crippen LogP contribution < -0.4 is 10.1 Å². The molecule has 4 nitrogen and oxygen atoms in total. The van der Waals surface area contributed by atoms with Crippen LogP contribution >= 0.6 is 0 Å². The minimum atomic E-state index is -0.920. The summed E-state index contributed by atoms with van der Waals surface area (Å²) in [6.45, 7) is 2.06. The molecule has 4 heteroatoms. The van der Waals surface area contributed by atoms with Crippen molar-refractivity contribution < 1.29 is 14.6 Å². The van der Waals surface area contributed by atoms with Gasteiger partial charge in [-0.05, 0) is 43.2 Å². The fourth-order valence-electron chi connectivity index (χ4n) is 2.28. The summed E-state index contributed by atoms with van der Waals surface area (Å²) in [6, 6.07) is 14.9. The summed E-state index contributed by atoms with van der Waals surface area (Å²) in [6.07, 6.45) is 0.793. The van der Waals surface area contributed by atoms with Gasteiger partial charge in [0.05, 0.1) is 12.7 Å². The number of nitrogens with one attached hydrogen (secondary N) is 1. The van der Waals surface area contributed by atoms with E-state index in [1.165, 1.54) is 0 Å². The lowest BCUT2D eigenvalue weighted by Gasteiger charge is -2.17.